The molecular weight excluding hydrogens is 426 g/mol. The van der Waals surface area contributed by atoms with E-state index in [4.69, 9.17) is 28.9 Å². The zero-order valence-corrected chi connectivity index (χ0v) is 14.4. The van der Waals surface area contributed by atoms with Gasteiger partial charge in [0.05, 0.1) is 10.0 Å². The van der Waals surface area contributed by atoms with E-state index in [-0.39, 0.29) is 28.8 Å². The maximum atomic E-state index is 14.2. The summed E-state index contributed by atoms with van der Waals surface area (Å²) in [5, 5.41) is -1.44. The molecule has 0 aliphatic carbocycles. The van der Waals surface area contributed by atoms with Crippen LogP contribution < -0.4 is 5.73 Å². The van der Waals surface area contributed by atoms with Crippen LogP contribution in [0.3, 0.4) is 0 Å². The summed E-state index contributed by atoms with van der Waals surface area (Å²) in [6, 6.07) is 5.70. The number of nitrogens with two attached hydrogens (primary N) is 1. The zero-order chi connectivity index (χ0) is 20.8. The van der Waals surface area contributed by atoms with Crippen molar-refractivity contribution in [2.75, 3.05) is 0 Å². The average molecular weight is 434 g/mol. The standard InChI is InChI=1S/C16H8Cl2F7NO/c17-10-5-7(14(19,15(20,21)22)16(23,24)25)6-11(18)12(10)8-3-1-2-4-9(8)13(26)27/h1-6H,(H2,26,27). The minimum atomic E-state index is -6.31. The van der Waals surface area contributed by atoms with E-state index in [2.05, 4.69) is 0 Å². The van der Waals surface area contributed by atoms with Gasteiger partial charge in [0.1, 0.15) is 0 Å². The number of hydrogen-bond donors (Lipinski definition) is 1. The van der Waals surface area contributed by atoms with Crippen LogP contribution in [0.25, 0.3) is 11.1 Å². The van der Waals surface area contributed by atoms with Crippen molar-refractivity contribution in [1.82, 2.24) is 0 Å². The molecule has 2 aromatic rings. The molecule has 11 heteroatoms. The van der Waals surface area contributed by atoms with Crippen molar-refractivity contribution >= 4 is 29.1 Å². The van der Waals surface area contributed by atoms with Crippen LogP contribution in [-0.4, -0.2) is 18.3 Å². The van der Waals surface area contributed by atoms with Crippen molar-refractivity contribution in [3.63, 3.8) is 0 Å². The molecule has 2 rings (SSSR count). The number of rotatable bonds is 3. The normalized spacial score (nSPS) is 12.9. The quantitative estimate of drug-likeness (QED) is 0.588. The minimum absolute atomic E-state index is 0.0324. The van der Waals surface area contributed by atoms with Gasteiger partial charge < -0.3 is 5.73 Å². The Morgan fingerprint density at radius 3 is 1.70 bits per heavy atom. The van der Waals surface area contributed by atoms with Crippen LogP contribution in [0.2, 0.25) is 10.0 Å². The average Bonchev–Trinajstić information content (AvgIpc) is 2.51. The fraction of sp³-hybridized carbons (Fsp3) is 0.188. The lowest BCUT2D eigenvalue weighted by atomic mass is 9.91. The lowest BCUT2D eigenvalue weighted by Gasteiger charge is -2.30. The number of carbonyl (C=O) groups is 1. The Hall–Kier alpha value is -2.00. The maximum Gasteiger partial charge on any atom is 0.435 e. The van der Waals surface area contributed by atoms with Gasteiger partial charge in [-0.2, -0.15) is 26.3 Å². The molecule has 0 aliphatic heterocycles. The molecule has 0 fully saturated rings. The summed E-state index contributed by atoms with van der Waals surface area (Å²) < 4.78 is 91.6. The molecule has 27 heavy (non-hydrogen) atoms. The Morgan fingerprint density at radius 2 is 1.30 bits per heavy atom. The molecule has 0 saturated heterocycles. The van der Waals surface area contributed by atoms with E-state index in [1.54, 1.807) is 0 Å². The highest BCUT2D eigenvalue weighted by molar-refractivity contribution is 6.39. The molecular formula is C16H8Cl2F7NO. The molecule has 0 spiro atoms. The van der Waals surface area contributed by atoms with Crippen molar-refractivity contribution in [1.29, 1.82) is 0 Å². The third-order valence-electron chi connectivity index (χ3n) is 3.68. The van der Waals surface area contributed by atoms with Gasteiger partial charge in [-0.3, -0.25) is 4.79 Å². The third-order valence-corrected chi connectivity index (χ3v) is 4.28. The van der Waals surface area contributed by atoms with Crippen molar-refractivity contribution in [2.24, 2.45) is 5.73 Å². The second kappa shape index (κ2) is 6.87. The maximum absolute atomic E-state index is 14.2. The summed E-state index contributed by atoms with van der Waals surface area (Å²) in [6.45, 7) is 0. The van der Waals surface area contributed by atoms with Gasteiger partial charge in [0.2, 0.25) is 5.91 Å². The van der Waals surface area contributed by atoms with E-state index in [0.717, 1.165) is 0 Å². The molecule has 0 unspecified atom stereocenters. The third kappa shape index (κ3) is 3.58. The second-order valence-electron chi connectivity index (χ2n) is 5.38. The van der Waals surface area contributed by atoms with Crippen LogP contribution in [0.4, 0.5) is 30.7 Å². The summed E-state index contributed by atoms with van der Waals surface area (Å²) in [6.07, 6.45) is -12.6. The largest absolute Gasteiger partial charge is 0.435 e. The molecule has 2 nitrogen and oxygen atoms in total. The van der Waals surface area contributed by atoms with Gasteiger partial charge in [0.15, 0.2) is 0 Å². The van der Waals surface area contributed by atoms with Crippen molar-refractivity contribution in [3.05, 3.63) is 57.6 Å². The smallest absolute Gasteiger partial charge is 0.366 e. The lowest BCUT2D eigenvalue weighted by Crippen LogP contribution is -2.50. The molecule has 0 aliphatic rings. The molecule has 1 amide bonds. The van der Waals surface area contributed by atoms with Gasteiger partial charge in [-0.25, -0.2) is 4.39 Å². The van der Waals surface area contributed by atoms with Crippen LogP contribution in [-0.2, 0) is 5.67 Å². The number of hydrogen-bond acceptors (Lipinski definition) is 1. The summed E-state index contributed by atoms with van der Waals surface area (Å²) >= 11 is 11.6. The van der Waals surface area contributed by atoms with Crippen LogP contribution in [0.15, 0.2) is 36.4 Å². The van der Waals surface area contributed by atoms with E-state index < -0.39 is 39.5 Å². The second-order valence-corrected chi connectivity index (χ2v) is 6.19. The topological polar surface area (TPSA) is 43.1 Å². The van der Waals surface area contributed by atoms with Crippen LogP contribution in [0.1, 0.15) is 15.9 Å². The Morgan fingerprint density at radius 1 is 0.852 bits per heavy atom. The molecule has 0 saturated carbocycles. The van der Waals surface area contributed by atoms with Crippen molar-refractivity contribution in [3.8, 4) is 11.1 Å². The first kappa shape index (κ1) is 21.3. The van der Waals surface area contributed by atoms with E-state index >= 15 is 0 Å². The predicted molar refractivity (Wildman–Crippen MR) is 85.3 cm³/mol. The van der Waals surface area contributed by atoms with E-state index in [1.165, 1.54) is 24.3 Å². The summed E-state index contributed by atoms with van der Waals surface area (Å²) in [5.41, 5.74) is -2.76. The van der Waals surface area contributed by atoms with Crippen molar-refractivity contribution in [2.45, 2.75) is 18.0 Å². The number of benzene rings is 2. The van der Waals surface area contributed by atoms with Gasteiger partial charge in [-0.05, 0) is 23.8 Å². The van der Waals surface area contributed by atoms with E-state index in [1.807, 2.05) is 0 Å². The number of alkyl halides is 7. The highest BCUT2D eigenvalue weighted by Crippen LogP contribution is 2.54. The summed E-state index contributed by atoms with van der Waals surface area (Å²) in [7, 11) is 0. The number of primary amides is 1. The van der Waals surface area contributed by atoms with Gasteiger partial charge in [0.25, 0.3) is 0 Å². The number of halogens is 9. The summed E-state index contributed by atoms with van der Waals surface area (Å²) in [4.78, 5) is 11.5. The molecule has 0 bridgehead atoms. The van der Waals surface area contributed by atoms with Crippen molar-refractivity contribution < 1.29 is 35.5 Å². The highest BCUT2D eigenvalue weighted by Gasteiger charge is 2.73. The van der Waals surface area contributed by atoms with Gasteiger partial charge in [-0.1, -0.05) is 41.4 Å². The first-order valence-electron chi connectivity index (χ1n) is 6.93. The molecule has 146 valence electrons. The number of carbonyl (C=O) groups excluding carboxylic acids is 1. The lowest BCUT2D eigenvalue weighted by molar-refractivity contribution is -0.348. The highest BCUT2D eigenvalue weighted by atomic mass is 35.5. The molecule has 0 atom stereocenters. The minimum Gasteiger partial charge on any atom is -0.366 e. The Bertz CT molecular complexity index is 856. The Kier molecular flexibility index (Phi) is 5.42. The van der Waals surface area contributed by atoms with Crippen LogP contribution in [0, 0.1) is 0 Å². The molecule has 2 N–H and O–H groups in total. The van der Waals surface area contributed by atoms with Gasteiger partial charge in [0, 0.05) is 16.7 Å². The molecule has 0 heterocycles. The first-order chi connectivity index (χ1) is 12.2. The molecule has 0 aromatic heterocycles. The van der Waals surface area contributed by atoms with E-state index in [9.17, 15) is 35.5 Å². The Balaban J connectivity index is 2.78. The molecule has 2 aromatic carbocycles. The fourth-order valence-electron chi connectivity index (χ4n) is 2.43. The van der Waals surface area contributed by atoms with E-state index in [0.29, 0.717) is 0 Å². The van der Waals surface area contributed by atoms with Crippen LogP contribution >= 0.6 is 23.2 Å². The van der Waals surface area contributed by atoms with Gasteiger partial charge in [-0.15, -0.1) is 0 Å². The SMILES string of the molecule is NC(=O)c1ccccc1-c1c(Cl)cc(C(F)(C(F)(F)F)C(F)(F)F)cc1Cl. The van der Waals surface area contributed by atoms with Crippen LogP contribution in [0.5, 0.6) is 0 Å². The Labute approximate surface area is 157 Å². The number of amides is 1. The first-order valence-corrected chi connectivity index (χ1v) is 7.68. The zero-order valence-electron chi connectivity index (χ0n) is 12.9. The fourth-order valence-corrected chi connectivity index (χ4v) is 3.12. The molecule has 0 radical (unpaired) electrons. The predicted octanol–water partition coefficient (Wildman–Crippen LogP) is 6.05. The monoisotopic (exact) mass is 433 g/mol. The summed E-state index contributed by atoms with van der Waals surface area (Å²) in [5.74, 6) is -0.938. The van der Waals surface area contributed by atoms with Gasteiger partial charge >= 0.3 is 18.0 Å².